The highest BCUT2D eigenvalue weighted by Crippen LogP contribution is 2.31. The number of aromatic amines is 1. The zero-order valence-electron chi connectivity index (χ0n) is 15.7. The highest BCUT2D eigenvalue weighted by atomic mass is 32.1. The maximum atomic E-state index is 5.98. The summed E-state index contributed by atoms with van der Waals surface area (Å²) < 4.78 is 22.3. The molecule has 1 aromatic carbocycles. The van der Waals surface area contributed by atoms with Gasteiger partial charge in [0.2, 0.25) is 5.88 Å². The van der Waals surface area contributed by atoms with Gasteiger partial charge in [0.1, 0.15) is 17.6 Å². The molecule has 0 fully saturated rings. The maximum Gasteiger partial charge on any atom is 0.232 e. The van der Waals surface area contributed by atoms with Gasteiger partial charge in [0.25, 0.3) is 0 Å². The molecule has 144 valence electrons. The van der Waals surface area contributed by atoms with Gasteiger partial charge in [0, 0.05) is 31.2 Å². The first-order chi connectivity index (χ1) is 13.2. The molecule has 0 bridgehead atoms. The molecular weight excluding hydrogens is 364 g/mol. The monoisotopic (exact) mass is 388 g/mol. The smallest absolute Gasteiger partial charge is 0.232 e. The molecule has 27 heavy (non-hydrogen) atoms. The van der Waals surface area contributed by atoms with Crippen molar-refractivity contribution >= 4 is 11.3 Å². The first-order valence-corrected chi connectivity index (χ1v) is 9.66. The number of thiophene rings is 1. The number of aromatic nitrogens is 2. The molecular formula is C20H24N2O4S. The van der Waals surface area contributed by atoms with Crippen molar-refractivity contribution in [3.05, 3.63) is 46.7 Å². The van der Waals surface area contributed by atoms with Crippen LogP contribution in [0.4, 0.5) is 0 Å². The Hall–Kier alpha value is -2.51. The lowest BCUT2D eigenvalue weighted by Crippen LogP contribution is -2.18. The Morgan fingerprint density at radius 1 is 1.15 bits per heavy atom. The Labute approximate surface area is 163 Å². The summed E-state index contributed by atoms with van der Waals surface area (Å²) in [7, 11) is 3.25. The van der Waals surface area contributed by atoms with Crippen molar-refractivity contribution in [2.75, 3.05) is 27.4 Å². The number of nitrogens with zero attached hydrogens (tertiary/aromatic N) is 1. The number of benzene rings is 1. The van der Waals surface area contributed by atoms with Crippen LogP contribution in [0.3, 0.4) is 0 Å². The lowest BCUT2D eigenvalue weighted by atomic mass is 10.1. The van der Waals surface area contributed by atoms with Gasteiger partial charge in [-0.1, -0.05) is 0 Å². The summed E-state index contributed by atoms with van der Waals surface area (Å²) in [6, 6.07) is 9.77. The Morgan fingerprint density at radius 3 is 2.70 bits per heavy atom. The van der Waals surface area contributed by atoms with Crippen LogP contribution in [0.2, 0.25) is 0 Å². The van der Waals surface area contributed by atoms with Crippen molar-refractivity contribution in [3.63, 3.8) is 0 Å². The predicted octanol–water partition coefficient (Wildman–Crippen LogP) is 4.18. The molecule has 0 aliphatic rings. The van der Waals surface area contributed by atoms with Crippen LogP contribution >= 0.6 is 11.3 Å². The normalized spacial score (nSPS) is 12.0. The average Bonchev–Trinajstić information content (AvgIpc) is 3.33. The molecule has 0 amide bonds. The third-order valence-corrected chi connectivity index (χ3v) is 4.66. The summed E-state index contributed by atoms with van der Waals surface area (Å²) in [4.78, 5) is 0. The second-order valence-corrected chi connectivity index (χ2v) is 6.91. The molecule has 1 atom stereocenters. The predicted molar refractivity (Wildman–Crippen MR) is 106 cm³/mol. The Morgan fingerprint density at radius 2 is 2.00 bits per heavy atom. The molecule has 3 aromatic rings. The molecule has 0 spiro atoms. The summed E-state index contributed by atoms with van der Waals surface area (Å²) in [6.45, 7) is 3.07. The third-order valence-electron chi connectivity index (χ3n) is 3.93. The second-order valence-electron chi connectivity index (χ2n) is 6.13. The van der Waals surface area contributed by atoms with Crippen LogP contribution in [0.1, 0.15) is 12.5 Å². The Kier molecular flexibility index (Phi) is 6.73. The molecule has 2 aromatic heterocycles. The quantitative estimate of drug-likeness (QED) is 0.564. The topological polar surface area (TPSA) is 65.6 Å². The number of H-pyrrole nitrogens is 1. The Balaban J connectivity index is 1.78. The summed E-state index contributed by atoms with van der Waals surface area (Å²) >= 11 is 1.69. The van der Waals surface area contributed by atoms with Gasteiger partial charge in [-0.25, -0.2) is 0 Å². The van der Waals surface area contributed by atoms with Gasteiger partial charge in [-0.15, -0.1) is 5.10 Å². The van der Waals surface area contributed by atoms with E-state index in [1.165, 1.54) is 5.56 Å². The number of methoxy groups -OCH3 is 2. The number of rotatable bonds is 10. The summed E-state index contributed by atoms with van der Waals surface area (Å²) in [5.41, 5.74) is 3.03. The molecule has 3 rings (SSSR count). The molecule has 0 unspecified atom stereocenters. The van der Waals surface area contributed by atoms with E-state index in [0.29, 0.717) is 19.1 Å². The molecule has 0 aliphatic heterocycles. The van der Waals surface area contributed by atoms with Gasteiger partial charge >= 0.3 is 0 Å². The molecule has 0 saturated carbocycles. The molecule has 6 nitrogen and oxygen atoms in total. The molecule has 0 saturated heterocycles. The molecule has 1 N–H and O–H groups in total. The number of ether oxygens (including phenoxy) is 4. The van der Waals surface area contributed by atoms with Crippen LogP contribution in [-0.2, 0) is 11.2 Å². The molecule has 0 aliphatic carbocycles. The highest BCUT2D eigenvalue weighted by Gasteiger charge is 2.11. The molecule has 7 heteroatoms. The zero-order valence-corrected chi connectivity index (χ0v) is 16.5. The van der Waals surface area contributed by atoms with Gasteiger partial charge in [0.05, 0.1) is 26.0 Å². The van der Waals surface area contributed by atoms with Crippen molar-refractivity contribution in [2.24, 2.45) is 0 Å². The minimum Gasteiger partial charge on any atom is -0.493 e. The number of hydrogen-bond acceptors (Lipinski definition) is 6. The van der Waals surface area contributed by atoms with Gasteiger partial charge in [0.15, 0.2) is 0 Å². The zero-order chi connectivity index (χ0) is 19.1. The van der Waals surface area contributed by atoms with E-state index in [1.807, 2.05) is 31.2 Å². The maximum absolute atomic E-state index is 5.98. The van der Waals surface area contributed by atoms with E-state index in [0.717, 1.165) is 29.2 Å². The largest absolute Gasteiger partial charge is 0.493 e. The Bertz CT molecular complexity index is 832. The van der Waals surface area contributed by atoms with E-state index in [1.54, 1.807) is 25.6 Å². The summed E-state index contributed by atoms with van der Waals surface area (Å²) in [6.07, 6.45) is 0.794. The minimum absolute atomic E-state index is 0.0693. The van der Waals surface area contributed by atoms with E-state index in [4.69, 9.17) is 18.9 Å². The average molecular weight is 388 g/mol. The van der Waals surface area contributed by atoms with Crippen LogP contribution in [-0.4, -0.2) is 43.7 Å². The van der Waals surface area contributed by atoms with Crippen molar-refractivity contribution < 1.29 is 18.9 Å². The first-order valence-electron chi connectivity index (χ1n) is 8.72. The molecule has 2 heterocycles. The summed E-state index contributed by atoms with van der Waals surface area (Å²) in [5.74, 6) is 2.00. The van der Waals surface area contributed by atoms with E-state index in [2.05, 4.69) is 27.0 Å². The minimum atomic E-state index is -0.0693. The summed E-state index contributed by atoms with van der Waals surface area (Å²) in [5, 5.41) is 11.3. The van der Waals surface area contributed by atoms with Crippen molar-refractivity contribution in [1.29, 1.82) is 0 Å². The van der Waals surface area contributed by atoms with Gasteiger partial charge in [-0.3, -0.25) is 5.10 Å². The first kappa shape index (κ1) is 19.3. The van der Waals surface area contributed by atoms with Gasteiger partial charge in [-0.2, -0.15) is 11.3 Å². The van der Waals surface area contributed by atoms with Crippen molar-refractivity contribution in [2.45, 2.75) is 19.4 Å². The van der Waals surface area contributed by atoms with Crippen molar-refractivity contribution in [1.82, 2.24) is 10.2 Å². The second kappa shape index (κ2) is 9.43. The lowest BCUT2D eigenvalue weighted by Gasteiger charge is -2.16. The van der Waals surface area contributed by atoms with Crippen molar-refractivity contribution in [3.8, 4) is 28.6 Å². The molecule has 0 radical (unpaired) electrons. The lowest BCUT2D eigenvalue weighted by molar-refractivity contribution is 0.0919. The van der Waals surface area contributed by atoms with E-state index in [9.17, 15) is 0 Å². The van der Waals surface area contributed by atoms with Crippen LogP contribution in [0.15, 0.2) is 41.1 Å². The van der Waals surface area contributed by atoms with Crippen LogP contribution in [0, 0.1) is 0 Å². The fourth-order valence-electron chi connectivity index (χ4n) is 2.66. The SMILES string of the molecule is COC[C@H](C)Oc1cc(OCCc2ccsc2)cc(-c2cc(OC)n[nH]2)c1. The highest BCUT2D eigenvalue weighted by molar-refractivity contribution is 7.07. The fraction of sp³-hybridized carbons (Fsp3) is 0.350. The third kappa shape index (κ3) is 5.48. The van der Waals surface area contributed by atoms with E-state index < -0.39 is 0 Å². The van der Waals surface area contributed by atoms with E-state index in [-0.39, 0.29) is 6.10 Å². The van der Waals surface area contributed by atoms with Gasteiger partial charge in [-0.05, 0) is 41.4 Å². The number of nitrogens with one attached hydrogen (secondary N) is 1. The van der Waals surface area contributed by atoms with Crippen LogP contribution < -0.4 is 14.2 Å². The van der Waals surface area contributed by atoms with Gasteiger partial charge < -0.3 is 18.9 Å². The standard InChI is InChI=1S/C20H24N2O4S/c1-14(12-23-2)26-18-9-16(19-11-20(24-3)22-21-19)8-17(10-18)25-6-4-15-5-7-27-13-15/h5,7-11,13-14H,4,6,12H2,1-3H3,(H,21,22)/t14-/m0/s1. The fourth-order valence-corrected chi connectivity index (χ4v) is 3.36. The van der Waals surface area contributed by atoms with E-state index >= 15 is 0 Å². The van der Waals surface area contributed by atoms with Crippen LogP contribution in [0.5, 0.6) is 17.4 Å². The number of hydrogen-bond donors (Lipinski definition) is 1. The van der Waals surface area contributed by atoms with Crippen LogP contribution in [0.25, 0.3) is 11.3 Å².